The highest BCUT2D eigenvalue weighted by molar-refractivity contribution is 7.16. The number of alkyl halides is 1. The summed E-state index contributed by atoms with van der Waals surface area (Å²) in [6.07, 6.45) is 3.60. The van der Waals surface area contributed by atoms with Gasteiger partial charge < -0.3 is 15.6 Å². The molecular weight excluding hydrogens is 363 g/mol. The molecule has 0 fully saturated rings. The van der Waals surface area contributed by atoms with Crippen molar-refractivity contribution in [1.29, 1.82) is 0 Å². The van der Waals surface area contributed by atoms with Crippen LogP contribution in [0.4, 0.5) is 16.2 Å². The molecule has 4 aromatic heterocycles. The van der Waals surface area contributed by atoms with Gasteiger partial charge in [-0.1, -0.05) is 13.8 Å². The number of anilines is 2. The summed E-state index contributed by atoms with van der Waals surface area (Å²) in [5.41, 5.74) is 1.63. The van der Waals surface area contributed by atoms with E-state index >= 15 is 0 Å². The zero-order valence-electron chi connectivity index (χ0n) is 15.2. The molecule has 0 aliphatic rings. The van der Waals surface area contributed by atoms with Crippen molar-refractivity contribution in [3.63, 3.8) is 0 Å². The van der Waals surface area contributed by atoms with Crippen LogP contribution in [-0.2, 0) is 6.54 Å². The molecule has 6 nitrogen and oxygen atoms in total. The predicted molar refractivity (Wildman–Crippen MR) is 109 cm³/mol. The van der Waals surface area contributed by atoms with Crippen LogP contribution >= 0.6 is 11.3 Å². The fraction of sp³-hybridized carbons (Fsp3) is 0.316. The SMILES string of the molecule is CC(C)(CF)CNc1nc(NCc2cc3cnccc3[nH]2)nc2sccc12. The number of fused-ring (bicyclic) bond motifs is 2. The molecule has 0 aliphatic carbocycles. The number of aromatic nitrogens is 4. The van der Waals surface area contributed by atoms with E-state index in [0.717, 1.165) is 32.6 Å². The first-order valence-electron chi connectivity index (χ1n) is 8.75. The smallest absolute Gasteiger partial charge is 0.226 e. The van der Waals surface area contributed by atoms with Gasteiger partial charge in [-0.3, -0.25) is 9.37 Å². The second kappa shape index (κ2) is 7.11. The van der Waals surface area contributed by atoms with E-state index in [2.05, 4.69) is 36.6 Å². The highest BCUT2D eigenvalue weighted by Crippen LogP contribution is 2.28. The van der Waals surface area contributed by atoms with Gasteiger partial charge in [0.2, 0.25) is 5.95 Å². The first-order chi connectivity index (χ1) is 13.0. The Morgan fingerprint density at radius 3 is 2.93 bits per heavy atom. The quantitative estimate of drug-likeness (QED) is 0.434. The molecular formula is C19H21FN6S. The van der Waals surface area contributed by atoms with Crippen molar-refractivity contribution in [1.82, 2.24) is 19.9 Å². The van der Waals surface area contributed by atoms with Gasteiger partial charge in [0.15, 0.2) is 0 Å². The maximum Gasteiger partial charge on any atom is 0.226 e. The summed E-state index contributed by atoms with van der Waals surface area (Å²) in [5.74, 6) is 1.27. The Morgan fingerprint density at radius 1 is 1.22 bits per heavy atom. The van der Waals surface area contributed by atoms with Crippen LogP contribution in [0.5, 0.6) is 0 Å². The molecule has 0 amide bonds. The first kappa shape index (κ1) is 17.7. The molecule has 0 aromatic carbocycles. The number of halogens is 1. The number of rotatable bonds is 7. The summed E-state index contributed by atoms with van der Waals surface area (Å²) >= 11 is 1.56. The Labute approximate surface area is 160 Å². The van der Waals surface area contributed by atoms with Crippen LogP contribution in [0.2, 0.25) is 0 Å². The van der Waals surface area contributed by atoms with Gasteiger partial charge in [0.25, 0.3) is 0 Å². The molecule has 4 rings (SSSR count). The Hall–Kier alpha value is -2.74. The number of hydrogen-bond acceptors (Lipinski definition) is 6. The van der Waals surface area contributed by atoms with Gasteiger partial charge in [0.05, 0.1) is 18.6 Å². The molecule has 0 aliphatic heterocycles. The van der Waals surface area contributed by atoms with Crippen LogP contribution < -0.4 is 10.6 Å². The molecule has 0 atom stereocenters. The molecule has 0 radical (unpaired) electrons. The van der Waals surface area contributed by atoms with Crippen LogP contribution in [0.25, 0.3) is 21.1 Å². The lowest BCUT2D eigenvalue weighted by Gasteiger charge is -2.21. The molecule has 8 heteroatoms. The highest BCUT2D eigenvalue weighted by atomic mass is 32.1. The van der Waals surface area contributed by atoms with Gasteiger partial charge >= 0.3 is 0 Å². The third-order valence-corrected chi connectivity index (χ3v) is 5.14. The van der Waals surface area contributed by atoms with E-state index in [0.29, 0.717) is 19.0 Å². The molecule has 0 saturated carbocycles. The third-order valence-electron chi connectivity index (χ3n) is 4.34. The van der Waals surface area contributed by atoms with Crippen molar-refractivity contribution < 1.29 is 4.39 Å². The summed E-state index contributed by atoms with van der Waals surface area (Å²) in [6.45, 7) is 4.45. The molecule has 27 heavy (non-hydrogen) atoms. The minimum atomic E-state index is -0.445. The zero-order valence-corrected chi connectivity index (χ0v) is 16.0. The summed E-state index contributed by atoms with van der Waals surface area (Å²) < 4.78 is 13.1. The topological polar surface area (TPSA) is 78.5 Å². The van der Waals surface area contributed by atoms with Crippen molar-refractivity contribution in [2.75, 3.05) is 23.9 Å². The van der Waals surface area contributed by atoms with Crippen molar-refractivity contribution in [2.45, 2.75) is 20.4 Å². The predicted octanol–water partition coefficient (Wildman–Crippen LogP) is 4.59. The lowest BCUT2D eigenvalue weighted by Crippen LogP contribution is -2.25. The second-order valence-electron chi connectivity index (χ2n) is 7.30. The minimum absolute atomic E-state index is 0.391. The molecule has 0 saturated heterocycles. The van der Waals surface area contributed by atoms with Crippen LogP contribution in [0.3, 0.4) is 0 Å². The summed E-state index contributed by atoms with van der Waals surface area (Å²) in [5, 5.41) is 10.6. The highest BCUT2D eigenvalue weighted by Gasteiger charge is 2.18. The zero-order chi connectivity index (χ0) is 18.9. The fourth-order valence-electron chi connectivity index (χ4n) is 2.74. The molecule has 0 bridgehead atoms. The van der Waals surface area contributed by atoms with E-state index in [1.54, 1.807) is 17.5 Å². The maximum absolute atomic E-state index is 13.1. The number of H-pyrrole nitrogens is 1. The van der Waals surface area contributed by atoms with E-state index in [-0.39, 0.29) is 0 Å². The number of pyridine rings is 1. The van der Waals surface area contributed by atoms with E-state index in [1.165, 1.54) is 0 Å². The molecule has 3 N–H and O–H groups in total. The Morgan fingerprint density at radius 2 is 2.11 bits per heavy atom. The number of aromatic amines is 1. The average Bonchev–Trinajstić information content (AvgIpc) is 3.30. The van der Waals surface area contributed by atoms with Crippen molar-refractivity contribution in [2.24, 2.45) is 5.41 Å². The average molecular weight is 384 g/mol. The maximum atomic E-state index is 13.1. The molecule has 4 aromatic rings. The third kappa shape index (κ3) is 3.85. The van der Waals surface area contributed by atoms with E-state index in [4.69, 9.17) is 0 Å². The van der Waals surface area contributed by atoms with Crippen LogP contribution in [-0.4, -0.2) is 33.2 Å². The Kier molecular flexibility index (Phi) is 4.65. The Balaban J connectivity index is 1.54. The normalized spacial score (nSPS) is 12.0. The number of hydrogen-bond donors (Lipinski definition) is 3. The molecule has 0 spiro atoms. The van der Waals surface area contributed by atoms with Crippen molar-refractivity contribution in [3.05, 3.63) is 41.7 Å². The van der Waals surface area contributed by atoms with Gasteiger partial charge in [0, 0.05) is 41.0 Å². The largest absolute Gasteiger partial charge is 0.369 e. The van der Waals surface area contributed by atoms with Gasteiger partial charge in [-0.15, -0.1) is 11.3 Å². The van der Waals surface area contributed by atoms with Crippen molar-refractivity contribution in [3.8, 4) is 0 Å². The summed E-state index contributed by atoms with van der Waals surface area (Å²) in [7, 11) is 0. The molecule has 140 valence electrons. The standard InChI is InChI=1S/C19H21FN6S/c1-19(2,10-20)11-23-16-14-4-6-27-17(14)26-18(25-16)22-9-13-7-12-8-21-5-3-15(12)24-13/h3-8,24H,9-11H2,1-2H3,(H2,22,23,25,26). The number of nitrogens with zero attached hydrogens (tertiary/aromatic N) is 3. The molecule has 4 heterocycles. The molecule has 0 unspecified atom stereocenters. The monoisotopic (exact) mass is 384 g/mol. The fourth-order valence-corrected chi connectivity index (χ4v) is 3.51. The number of nitrogens with one attached hydrogen (secondary N) is 3. The van der Waals surface area contributed by atoms with Crippen molar-refractivity contribution >= 4 is 44.2 Å². The summed E-state index contributed by atoms with van der Waals surface area (Å²) in [6, 6.07) is 5.99. The Bertz CT molecular complexity index is 1040. The lowest BCUT2D eigenvalue weighted by molar-refractivity contribution is 0.274. The van der Waals surface area contributed by atoms with Gasteiger partial charge in [-0.05, 0) is 23.6 Å². The van der Waals surface area contributed by atoms with E-state index < -0.39 is 12.1 Å². The van der Waals surface area contributed by atoms with Gasteiger partial charge in [-0.25, -0.2) is 4.98 Å². The second-order valence-corrected chi connectivity index (χ2v) is 8.19. The lowest BCUT2D eigenvalue weighted by atomic mass is 9.96. The first-order valence-corrected chi connectivity index (χ1v) is 9.63. The van der Waals surface area contributed by atoms with Crippen LogP contribution in [0.15, 0.2) is 36.0 Å². The van der Waals surface area contributed by atoms with Crippen LogP contribution in [0, 0.1) is 5.41 Å². The van der Waals surface area contributed by atoms with Gasteiger partial charge in [-0.2, -0.15) is 4.98 Å². The van der Waals surface area contributed by atoms with Crippen LogP contribution in [0.1, 0.15) is 19.5 Å². The summed E-state index contributed by atoms with van der Waals surface area (Å²) in [4.78, 5) is 17.6. The minimum Gasteiger partial charge on any atom is -0.369 e. The van der Waals surface area contributed by atoms with E-state index in [9.17, 15) is 4.39 Å². The van der Waals surface area contributed by atoms with E-state index in [1.807, 2.05) is 37.6 Å². The number of thiophene rings is 1. The van der Waals surface area contributed by atoms with Gasteiger partial charge in [0.1, 0.15) is 10.6 Å².